The van der Waals surface area contributed by atoms with Crippen LogP contribution < -0.4 is 4.74 Å². The van der Waals surface area contributed by atoms with E-state index in [0.717, 1.165) is 0 Å². The number of ether oxygens (including phenoxy) is 1. The largest absolute Gasteiger partial charge is 0.457 e. The van der Waals surface area contributed by atoms with Crippen LogP contribution in [-0.2, 0) is 21.6 Å². The summed E-state index contributed by atoms with van der Waals surface area (Å²) in [5, 5.41) is 0. The topological polar surface area (TPSA) is 43.4 Å². The summed E-state index contributed by atoms with van der Waals surface area (Å²) in [4.78, 5) is -0.124. The minimum atomic E-state index is -4.61. The molecule has 2 atom stereocenters. The van der Waals surface area contributed by atoms with Gasteiger partial charge in [-0.3, -0.25) is 8.42 Å². The minimum Gasteiger partial charge on any atom is -0.457 e. The van der Waals surface area contributed by atoms with Crippen LogP contribution in [0.4, 0.5) is 26.3 Å². The van der Waals surface area contributed by atoms with Crippen molar-refractivity contribution in [2.45, 2.75) is 36.0 Å². The Labute approximate surface area is 168 Å². The van der Waals surface area contributed by atoms with Gasteiger partial charge in [-0.2, -0.15) is 26.3 Å². The third-order valence-corrected chi connectivity index (χ3v) is 6.67. The Morgan fingerprint density at radius 1 is 0.724 bits per heavy atom. The van der Waals surface area contributed by atoms with Crippen molar-refractivity contribution in [2.24, 2.45) is 0 Å². The highest BCUT2D eigenvalue weighted by Crippen LogP contribution is 2.30. The molecule has 0 radical (unpaired) electrons. The second kappa shape index (κ2) is 8.86. The summed E-state index contributed by atoms with van der Waals surface area (Å²) in [5.74, 6) is -2.92. The van der Waals surface area contributed by atoms with Crippen molar-refractivity contribution in [3.05, 3.63) is 47.5 Å². The van der Waals surface area contributed by atoms with E-state index < -0.39 is 45.5 Å². The summed E-state index contributed by atoms with van der Waals surface area (Å²) in [5.41, 5.74) is 0.742. The molecule has 160 valence electrons. The fourth-order valence-electron chi connectivity index (χ4n) is 2.37. The first kappa shape index (κ1) is 23.4. The number of benzene rings is 2. The Kier molecular flexibility index (Phi) is 7.15. The Balaban J connectivity index is 2.28. The van der Waals surface area contributed by atoms with Gasteiger partial charge >= 0.3 is 12.4 Å². The van der Waals surface area contributed by atoms with E-state index in [1.807, 2.05) is 0 Å². The molecule has 0 amide bonds. The molecule has 0 aliphatic rings. The highest BCUT2D eigenvalue weighted by atomic mass is 32.2. The molecular formula is C18H16F6O3S2. The predicted molar refractivity (Wildman–Crippen MR) is 97.1 cm³/mol. The molecule has 29 heavy (non-hydrogen) atoms. The van der Waals surface area contributed by atoms with E-state index in [4.69, 9.17) is 4.74 Å². The first-order chi connectivity index (χ1) is 13.2. The van der Waals surface area contributed by atoms with Crippen molar-refractivity contribution < 1.29 is 39.5 Å². The van der Waals surface area contributed by atoms with Crippen molar-refractivity contribution in [1.82, 2.24) is 0 Å². The summed E-state index contributed by atoms with van der Waals surface area (Å²) in [7, 11) is -4.68. The van der Waals surface area contributed by atoms with Gasteiger partial charge in [-0.05, 0) is 49.2 Å². The van der Waals surface area contributed by atoms with Crippen molar-refractivity contribution in [2.75, 3.05) is 11.5 Å². The van der Waals surface area contributed by atoms with E-state index in [1.54, 1.807) is 0 Å². The Morgan fingerprint density at radius 3 is 1.38 bits per heavy atom. The second-order valence-corrected chi connectivity index (χ2v) is 9.01. The fourth-order valence-corrected chi connectivity index (χ4v) is 4.62. The summed E-state index contributed by atoms with van der Waals surface area (Å²) in [6.45, 7) is 3.00. The van der Waals surface area contributed by atoms with Gasteiger partial charge < -0.3 is 4.74 Å². The number of aryl methyl sites for hydroxylation is 2. The smallest absolute Gasteiger partial charge is 0.400 e. The maximum absolute atomic E-state index is 12.5. The van der Waals surface area contributed by atoms with Crippen LogP contribution in [-0.4, -0.2) is 32.3 Å². The molecule has 0 bridgehead atoms. The van der Waals surface area contributed by atoms with E-state index in [2.05, 4.69) is 0 Å². The van der Waals surface area contributed by atoms with Crippen molar-refractivity contribution in [3.63, 3.8) is 0 Å². The van der Waals surface area contributed by atoms with Gasteiger partial charge in [0, 0.05) is 9.79 Å². The molecule has 0 aliphatic heterocycles. The Bertz CT molecular complexity index is 863. The monoisotopic (exact) mass is 458 g/mol. The van der Waals surface area contributed by atoms with Gasteiger partial charge in [0.1, 0.15) is 23.0 Å². The first-order valence-corrected chi connectivity index (χ1v) is 10.7. The average Bonchev–Trinajstić information content (AvgIpc) is 2.55. The molecule has 2 aromatic rings. The molecule has 2 rings (SSSR count). The zero-order valence-electron chi connectivity index (χ0n) is 15.2. The van der Waals surface area contributed by atoms with Crippen LogP contribution in [0.1, 0.15) is 11.1 Å². The van der Waals surface area contributed by atoms with Gasteiger partial charge in [0.25, 0.3) is 0 Å². The summed E-state index contributed by atoms with van der Waals surface area (Å²) >= 11 is 0. The molecule has 2 unspecified atom stereocenters. The van der Waals surface area contributed by atoms with Crippen molar-refractivity contribution in [1.29, 1.82) is 0 Å². The minimum absolute atomic E-state index is 0.0533. The standard InChI is InChI=1S/C18H16F6O3S2/c1-11-3-5-13(7-15(11)28(25)9-17(19,20)21)27-14-6-4-12(2)16(8-14)29(26)10-18(22,23)24/h3-8H,9-10H2,1-2H3. The highest BCUT2D eigenvalue weighted by molar-refractivity contribution is 7.85. The predicted octanol–water partition coefficient (Wildman–Crippen LogP) is 5.44. The molecule has 0 heterocycles. The van der Waals surface area contributed by atoms with Crippen LogP contribution in [0.3, 0.4) is 0 Å². The number of rotatable bonds is 6. The highest BCUT2D eigenvalue weighted by Gasteiger charge is 2.32. The number of alkyl halides is 6. The van der Waals surface area contributed by atoms with E-state index >= 15 is 0 Å². The summed E-state index contributed by atoms with van der Waals surface area (Å²) in [6.07, 6.45) is -9.22. The maximum atomic E-state index is 12.5. The number of hydrogen-bond donors (Lipinski definition) is 0. The lowest BCUT2D eigenvalue weighted by Gasteiger charge is -2.13. The third kappa shape index (κ3) is 7.14. The fraction of sp³-hybridized carbons (Fsp3) is 0.333. The van der Waals surface area contributed by atoms with Gasteiger partial charge in [-0.25, -0.2) is 0 Å². The molecular weight excluding hydrogens is 442 g/mol. The molecule has 11 heteroatoms. The van der Waals surface area contributed by atoms with Crippen LogP contribution in [0.25, 0.3) is 0 Å². The van der Waals surface area contributed by atoms with Crippen LogP contribution in [0.2, 0.25) is 0 Å². The van der Waals surface area contributed by atoms with E-state index in [1.165, 1.54) is 50.2 Å². The van der Waals surface area contributed by atoms with Gasteiger partial charge in [0.2, 0.25) is 0 Å². The SMILES string of the molecule is Cc1ccc(Oc2ccc(C)c(S(=O)CC(F)(F)F)c2)cc1S(=O)CC(F)(F)F. The molecule has 0 saturated heterocycles. The van der Waals surface area contributed by atoms with Crippen LogP contribution in [0.5, 0.6) is 11.5 Å². The van der Waals surface area contributed by atoms with E-state index in [9.17, 15) is 34.8 Å². The quantitative estimate of drug-likeness (QED) is 0.542. The van der Waals surface area contributed by atoms with E-state index in [0.29, 0.717) is 11.1 Å². The third-order valence-electron chi connectivity index (χ3n) is 3.64. The van der Waals surface area contributed by atoms with Gasteiger partial charge in [0.05, 0.1) is 21.6 Å². The van der Waals surface area contributed by atoms with Crippen molar-refractivity contribution in [3.8, 4) is 11.5 Å². The lowest BCUT2D eigenvalue weighted by molar-refractivity contribution is -0.106. The second-order valence-electron chi connectivity index (χ2n) is 6.17. The van der Waals surface area contributed by atoms with Crippen LogP contribution >= 0.6 is 0 Å². The molecule has 2 aromatic carbocycles. The first-order valence-electron chi connectivity index (χ1n) is 8.04. The lowest BCUT2D eigenvalue weighted by Crippen LogP contribution is -2.19. The average molecular weight is 458 g/mol. The van der Waals surface area contributed by atoms with E-state index in [-0.39, 0.29) is 21.3 Å². The van der Waals surface area contributed by atoms with Gasteiger partial charge in [-0.1, -0.05) is 12.1 Å². The molecule has 0 saturated carbocycles. The summed E-state index contributed by atoms with van der Waals surface area (Å²) in [6, 6.07) is 8.07. The molecule has 0 aromatic heterocycles. The summed E-state index contributed by atoms with van der Waals surface area (Å²) < 4.78 is 105. The molecule has 0 fully saturated rings. The van der Waals surface area contributed by atoms with Crippen LogP contribution in [0, 0.1) is 13.8 Å². The maximum Gasteiger partial charge on any atom is 0.400 e. The zero-order valence-corrected chi connectivity index (χ0v) is 16.8. The molecule has 0 N–H and O–H groups in total. The number of halogens is 6. The number of hydrogen-bond acceptors (Lipinski definition) is 3. The zero-order chi connectivity index (χ0) is 22.0. The molecule has 0 spiro atoms. The van der Waals surface area contributed by atoms with Crippen molar-refractivity contribution >= 4 is 21.6 Å². The lowest BCUT2D eigenvalue weighted by atomic mass is 10.2. The Hall–Kier alpha value is -1.88. The van der Waals surface area contributed by atoms with Gasteiger partial charge in [0.15, 0.2) is 0 Å². The normalized spacial score (nSPS) is 14.5. The van der Waals surface area contributed by atoms with Crippen LogP contribution in [0.15, 0.2) is 46.2 Å². The molecule has 0 aliphatic carbocycles. The molecule has 3 nitrogen and oxygen atoms in total. The Morgan fingerprint density at radius 2 is 1.07 bits per heavy atom. The van der Waals surface area contributed by atoms with Gasteiger partial charge in [-0.15, -0.1) is 0 Å².